The highest BCUT2D eigenvalue weighted by atomic mass is 16.5. The molecule has 2 heterocycles. The zero-order valence-electron chi connectivity index (χ0n) is 13.6. The number of amides is 1. The minimum atomic E-state index is -0.208. The fraction of sp³-hybridized carbons (Fsp3) is 0.389. The fourth-order valence-corrected chi connectivity index (χ4v) is 2.68. The van der Waals surface area contributed by atoms with Crippen LogP contribution in [-0.2, 0) is 16.1 Å². The standard InChI is InChI=1S/C18H22N4O2/c23-17(14-24-13-15-7-3-1-4-8-15)21-16-11-19-18(20-12-16)22-9-5-2-6-10-22/h1,3-4,7-8,11-12H,2,5-6,9-10,13-14H2,(H,21,23). The van der Waals surface area contributed by atoms with Gasteiger partial charge in [0.25, 0.3) is 0 Å². The lowest BCUT2D eigenvalue weighted by Gasteiger charge is -2.26. The van der Waals surface area contributed by atoms with E-state index in [1.54, 1.807) is 12.4 Å². The Hall–Kier alpha value is -2.47. The van der Waals surface area contributed by atoms with Crippen LogP contribution in [0.5, 0.6) is 0 Å². The van der Waals surface area contributed by atoms with E-state index in [0.29, 0.717) is 12.3 Å². The molecule has 0 saturated carbocycles. The van der Waals surface area contributed by atoms with Gasteiger partial charge in [0.15, 0.2) is 0 Å². The number of nitrogens with zero attached hydrogens (tertiary/aromatic N) is 3. The molecule has 1 aromatic heterocycles. The zero-order valence-corrected chi connectivity index (χ0v) is 13.6. The van der Waals surface area contributed by atoms with Gasteiger partial charge < -0.3 is 15.0 Å². The van der Waals surface area contributed by atoms with Crippen LogP contribution in [0.25, 0.3) is 0 Å². The second kappa shape index (κ2) is 8.40. The van der Waals surface area contributed by atoms with Crippen LogP contribution in [0.1, 0.15) is 24.8 Å². The molecule has 3 rings (SSSR count). The molecule has 1 fully saturated rings. The van der Waals surface area contributed by atoms with Gasteiger partial charge in [0.05, 0.1) is 24.7 Å². The molecule has 0 unspecified atom stereocenters. The zero-order chi connectivity index (χ0) is 16.6. The van der Waals surface area contributed by atoms with Crippen molar-refractivity contribution in [1.82, 2.24) is 9.97 Å². The summed E-state index contributed by atoms with van der Waals surface area (Å²) < 4.78 is 5.41. The third-order valence-electron chi connectivity index (χ3n) is 3.91. The lowest BCUT2D eigenvalue weighted by Crippen LogP contribution is -2.31. The van der Waals surface area contributed by atoms with Crippen LogP contribution in [0, 0.1) is 0 Å². The molecule has 0 bridgehead atoms. The van der Waals surface area contributed by atoms with Crippen LogP contribution in [-0.4, -0.2) is 35.6 Å². The first kappa shape index (κ1) is 16.4. The van der Waals surface area contributed by atoms with Gasteiger partial charge in [0.2, 0.25) is 11.9 Å². The third kappa shape index (κ3) is 4.76. The van der Waals surface area contributed by atoms with Crippen molar-refractivity contribution >= 4 is 17.5 Å². The lowest BCUT2D eigenvalue weighted by molar-refractivity contribution is -0.121. The number of benzene rings is 1. The summed E-state index contributed by atoms with van der Waals surface area (Å²) in [4.78, 5) is 22.8. The monoisotopic (exact) mass is 326 g/mol. The number of hydrogen-bond acceptors (Lipinski definition) is 5. The third-order valence-corrected chi connectivity index (χ3v) is 3.91. The number of carbonyl (C=O) groups excluding carboxylic acids is 1. The lowest BCUT2D eigenvalue weighted by atomic mass is 10.1. The maximum atomic E-state index is 11.9. The summed E-state index contributed by atoms with van der Waals surface area (Å²) in [6.07, 6.45) is 6.92. The van der Waals surface area contributed by atoms with Gasteiger partial charge in [-0.2, -0.15) is 0 Å². The van der Waals surface area contributed by atoms with Gasteiger partial charge in [-0.25, -0.2) is 9.97 Å². The van der Waals surface area contributed by atoms with Gasteiger partial charge in [0.1, 0.15) is 6.61 Å². The molecule has 1 N–H and O–H groups in total. The Morgan fingerprint density at radius 3 is 2.50 bits per heavy atom. The van der Waals surface area contributed by atoms with Crippen molar-refractivity contribution in [1.29, 1.82) is 0 Å². The summed E-state index contributed by atoms with van der Waals surface area (Å²) in [6.45, 7) is 2.42. The van der Waals surface area contributed by atoms with Gasteiger partial charge in [-0.1, -0.05) is 30.3 Å². The second-order valence-corrected chi connectivity index (χ2v) is 5.85. The van der Waals surface area contributed by atoms with Crippen molar-refractivity contribution in [3.05, 3.63) is 48.3 Å². The number of carbonyl (C=O) groups is 1. The number of anilines is 2. The molecule has 0 radical (unpaired) electrons. The van der Waals surface area contributed by atoms with Gasteiger partial charge in [-0.3, -0.25) is 4.79 Å². The van der Waals surface area contributed by atoms with Gasteiger partial charge in [0, 0.05) is 13.1 Å². The van der Waals surface area contributed by atoms with Crippen LogP contribution in [0.4, 0.5) is 11.6 Å². The summed E-state index contributed by atoms with van der Waals surface area (Å²) in [5.74, 6) is 0.522. The molecular weight excluding hydrogens is 304 g/mol. The molecule has 1 aliphatic heterocycles. The number of nitrogens with one attached hydrogen (secondary N) is 1. The average Bonchev–Trinajstić information content (AvgIpc) is 2.64. The largest absolute Gasteiger partial charge is 0.367 e. The van der Waals surface area contributed by atoms with Crippen molar-refractivity contribution in [2.75, 3.05) is 29.9 Å². The molecular formula is C18H22N4O2. The summed E-state index contributed by atoms with van der Waals surface area (Å²) in [6, 6.07) is 9.76. The van der Waals surface area contributed by atoms with Crippen molar-refractivity contribution < 1.29 is 9.53 Å². The van der Waals surface area contributed by atoms with Crippen molar-refractivity contribution in [2.45, 2.75) is 25.9 Å². The van der Waals surface area contributed by atoms with Crippen LogP contribution >= 0.6 is 0 Å². The predicted octanol–water partition coefficient (Wildman–Crippen LogP) is 2.62. The second-order valence-electron chi connectivity index (χ2n) is 5.85. The fourth-order valence-electron chi connectivity index (χ4n) is 2.68. The summed E-state index contributed by atoms with van der Waals surface area (Å²) in [5, 5.41) is 2.75. The quantitative estimate of drug-likeness (QED) is 0.884. The number of hydrogen-bond donors (Lipinski definition) is 1. The molecule has 1 aromatic carbocycles. The van der Waals surface area contributed by atoms with Crippen LogP contribution in [0.15, 0.2) is 42.7 Å². The van der Waals surface area contributed by atoms with E-state index in [4.69, 9.17) is 4.74 Å². The summed E-state index contributed by atoms with van der Waals surface area (Å²) in [5.41, 5.74) is 1.63. The molecule has 1 amide bonds. The van der Waals surface area contributed by atoms with Crippen molar-refractivity contribution in [3.8, 4) is 0 Å². The minimum absolute atomic E-state index is 0.00275. The van der Waals surface area contributed by atoms with Gasteiger partial charge >= 0.3 is 0 Å². The van der Waals surface area contributed by atoms with E-state index >= 15 is 0 Å². The Morgan fingerprint density at radius 1 is 1.08 bits per heavy atom. The molecule has 24 heavy (non-hydrogen) atoms. The van der Waals surface area contributed by atoms with E-state index in [1.807, 2.05) is 30.3 Å². The van der Waals surface area contributed by atoms with E-state index in [9.17, 15) is 4.79 Å². The Kier molecular flexibility index (Phi) is 5.74. The Morgan fingerprint density at radius 2 is 1.79 bits per heavy atom. The predicted molar refractivity (Wildman–Crippen MR) is 92.8 cm³/mol. The number of piperidine rings is 1. The van der Waals surface area contributed by atoms with E-state index in [1.165, 1.54) is 19.3 Å². The maximum Gasteiger partial charge on any atom is 0.250 e. The van der Waals surface area contributed by atoms with E-state index in [0.717, 1.165) is 24.6 Å². The molecule has 0 spiro atoms. The Bertz CT molecular complexity index is 640. The Labute approximate surface area is 141 Å². The first-order chi connectivity index (χ1) is 11.8. The molecule has 0 aliphatic carbocycles. The van der Waals surface area contributed by atoms with Gasteiger partial charge in [-0.15, -0.1) is 0 Å². The SMILES string of the molecule is O=C(COCc1ccccc1)Nc1cnc(N2CCCCC2)nc1. The number of aromatic nitrogens is 2. The number of ether oxygens (including phenoxy) is 1. The summed E-state index contributed by atoms with van der Waals surface area (Å²) in [7, 11) is 0. The smallest absolute Gasteiger partial charge is 0.250 e. The highest BCUT2D eigenvalue weighted by Crippen LogP contribution is 2.16. The minimum Gasteiger partial charge on any atom is -0.367 e. The maximum absolute atomic E-state index is 11.9. The van der Waals surface area contributed by atoms with Crippen molar-refractivity contribution in [3.63, 3.8) is 0 Å². The van der Waals surface area contributed by atoms with E-state index < -0.39 is 0 Å². The van der Waals surface area contributed by atoms with Crippen LogP contribution in [0.2, 0.25) is 0 Å². The first-order valence-corrected chi connectivity index (χ1v) is 8.30. The van der Waals surface area contributed by atoms with Gasteiger partial charge in [-0.05, 0) is 24.8 Å². The van der Waals surface area contributed by atoms with E-state index in [2.05, 4.69) is 20.2 Å². The van der Waals surface area contributed by atoms with Crippen molar-refractivity contribution in [2.24, 2.45) is 0 Å². The average molecular weight is 326 g/mol. The highest BCUT2D eigenvalue weighted by Gasteiger charge is 2.13. The normalized spacial score (nSPS) is 14.4. The molecule has 126 valence electrons. The molecule has 1 aliphatic rings. The molecule has 0 atom stereocenters. The Balaban J connectivity index is 1.44. The topological polar surface area (TPSA) is 67.3 Å². The molecule has 6 nitrogen and oxygen atoms in total. The highest BCUT2D eigenvalue weighted by molar-refractivity contribution is 5.91. The first-order valence-electron chi connectivity index (χ1n) is 8.30. The molecule has 2 aromatic rings. The van der Waals surface area contributed by atoms with E-state index in [-0.39, 0.29) is 12.5 Å². The molecule has 1 saturated heterocycles. The van der Waals surface area contributed by atoms with Crippen LogP contribution in [0.3, 0.4) is 0 Å². The summed E-state index contributed by atoms with van der Waals surface area (Å²) >= 11 is 0. The van der Waals surface area contributed by atoms with Crippen LogP contribution < -0.4 is 10.2 Å². The molecule has 6 heteroatoms. The number of rotatable bonds is 6.